The lowest BCUT2D eigenvalue weighted by Crippen LogP contribution is -2.17. The minimum Gasteiger partial charge on any atom is -0.466 e. The lowest BCUT2D eigenvalue weighted by atomic mass is 10.1. The second kappa shape index (κ2) is 8.65. The highest BCUT2D eigenvalue weighted by atomic mass is 32.1. The summed E-state index contributed by atoms with van der Waals surface area (Å²) in [4.78, 5) is 27.2. The molecule has 0 bridgehead atoms. The molecule has 1 unspecified atom stereocenters. The minimum atomic E-state index is -0.315. The quantitative estimate of drug-likeness (QED) is 0.741. The van der Waals surface area contributed by atoms with Gasteiger partial charge in [-0.05, 0) is 12.8 Å². The summed E-state index contributed by atoms with van der Waals surface area (Å²) in [6, 6.07) is 0. The van der Waals surface area contributed by atoms with Crippen LogP contribution in [0.4, 0.5) is 5.13 Å². The van der Waals surface area contributed by atoms with E-state index in [1.165, 1.54) is 11.3 Å². The highest BCUT2D eigenvalue weighted by Crippen LogP contribution is 2.17. The smallest absolute Gasteiger partial charge is 0.311 e. The molecule has 7 heteroatoms. The highest BCUT2D eigenvalue weighted by molar-refractivity contribution is 7.13. The topological polar surface area (TPSA) is 77.5 Å². The first-order valence-electron chi connectivity index (χ1n) is 6.44. The number of hydrogen-bond acceptors (Lipinski definition) is 6. The van der Waals surface area contributed by atoms with Crippen LogP contribution in [-0.4, -0.2) is 37.2 Å². The Morgan fingerprint density at radius 3 is 2.90 bits per heavy atom. The number of amides is 1. The molecule has 1 atom stereocenters. The molecular weight excluding hydrogens is 280 g/mol. The molecule has 0 aliphatic carbocycles. The zero-order valence-corrected chi connectivity index (χ0v) is 12.8. The summed E-state index contributed by atoms with van der Waals surface area (Å²) in [7, 11) is 1.61. The molecule has 0 saturated heterocycles. The van der Waals surface area contributed by atoms with Gasteiger partial charge in [-0.25, -0.2) is 4.98 Å². The van der Waals surface area contributed by atoms with Crippen molar-refractivity contribution in [1.29, 1.82) is 0 Å². The maximum Gasteiger partial charge on any atom is 0.311 e. The third-order valence-electron chi connectivity index (χ3n) is 2.41. The van der Waals surface area contributed by atoms with E-state index in [9.17, 15) is 9.59 Å². The van der Waals surface area contributed by atoms with Crippen molar-refractivity contribution in [2.45, 2.75) is 26.7 Å². The normalized spacial score (nSPS) is 11.9. The van der Waals surface area contributed by atoms with E-state index in [0.29, 0.717) is 30.5 Å². The largest absolute Gasteiger partial charge is 0.466 e. The van der Waals surface area contributed by atoms with Crippen LogP contribution in [0.3, 0.4) is 0 Å². The monoisotopic (exact) mass is 300 g/mol. The molecule has 6 nitrogen and oxygen atoms in total. The van der Waals surface area contributed by atoms with E-state index >= 15 is 0 Å². The molecule has 0 fully saturated rings. The van der Waals surface area contributed by atoms with Crippen molar-refractivity contribution in [2.24, 2.45) is 5.92 Å². The average molecular weight is 300 g/mol. The van der Waals surface area contributed by atoms with Gasteiger partial charge < -0.3 is 14.8 Å². The van der Waals surface area contributed by atoms with E-state index in [0.717, 1.165) is 0 Å². The first-order chi connectivity index (χ1) is 9.55. The molecule has 1 aromatic heterocycles. The van der Waals surface area contributed by atoms with E-state index in [1.54, 1.807) is 19.4 Å². The van der Waals surface area contributed by atoms with Crippen molar-refractivity contribution in [1.82, 2.24) is 4.98 Å². The fraction of sp³-hybridized carbons (Fsp3) is 0.615. The summed E-state index contributed by atoms with van der Waals surface area (Å²) in [5.41, 5.74) is 0.605. The maximum absolute atomic E-state index is 11.7. The molecule has 0 saturated carbocycles. The molecule has 0 aliphatic heterocycles. The second-order valence-corrected chi connectivity index (χ2v) is 5.30. The zero-order valence-electron chi connectivity index (χ0n) is 12.0. The lowest BCUT2D eigenvalue weighted by molar-refractivity contribution is -0.142. The van der Waals surface area contributed by atoms with Gasteiger partial charge in [0.25, 0.3) is 0 Å². The van der Waals surface area contributed by atoms with Crippen molar-refractivity contribution >= 4 is 28.3 Å². The molecule has 20 heavy (non-hydrogen) atoms. The van der Waals surface area contributed by atoms with Gasteiger partial charge in [-0.2, -0.15) is 0 Å². The molecule has 0 spiro atoms. The number of thiazole rings is 1. The first-order valence-corrected chi connectivity index (χ1v) is 7.31. The molecule has 0 aromatic carbocycles. The van der Waals surface area contributed by atoms with Crippen LogP contribution < -0.4 is 5.32 Å². The first kappa shape index (κ1) is 16.6. The fourth-order valence-corrected chi connectivity index (χ4v) is 2.36. The number of carbonyl (C=O) groups is 2. The van der Waals surface area contributed by atoms with Crippen LogP contribution >= 0.6 is 11.3 Å². The van der Waals surface area contributed by atoms with Gasteiger partial charge in [0.15, 0.2) is 5.13 Å². The van der Waals surface area contributed by atoms with Crippen molar-refractivity contribution < 1.29 is 19.1 Å². The van der Waals surface area contributed by atoms with Gasteiger partial charge in [0, 0.05) is 25.5 Å². The van der Waals surface area contributed by atoms with E-state index in [1.807, 2.05) is 6.92 Å². The van der Waals surface area contributed by atoms with Crippen molar-refractivity contribution in [3.63, 3.8) is 0 Å². The predicted octanol–water partition coefficient (Wildman–Crippen LogP) is 1.86. The Labute approximate surface area is 122 Å². The van der Waals surface area contributed by atoms with Crippen LogP contribution in [0.2, 0.25) is 0 Å². The lowest BCUT2D eigenvalue weighted by Gasteiger charge is -2.08. The van der Waals surface area contributed by atoms with Gasteiger partial charge in [-0.1, -0.05) is 6.92 Å². The van der Waals surface area contributed by atoms with Gasteiger partial charge in [-0.15, -0.1) is 11.3 Å². The van der Waals surface area contributed by atoms with Gasteiger partial charge >= 0.3 is 5.97 Å². The van der Waals surface area contributed by atoms with Crippen molar-refractivity contribution in [3.8, 4) is 0 Å². The summed E-state index contributed by atoms with van der Waals surface area (Å²) in [5.74, 6) is -0.269. The maximum atomic E-state index is 11.7. The molecule has 1 rings (SSSR count). The van der Waals surface area contributed by atoms with E-state index < -0.39 is 0 Å². The van der Waals surface area contributed by atoms with Gasteiger partial charge in [0.05, 0.1) is 18.7 Å². The number of carbonyl (C=O) groups excluding carboxylic acids is 2. The number of rotatable bonds is 8. The van der Waals surface area contributed by atoms with E-state index in [-0.39, 0.29) is 24.2 Å². The van der Waals surface area contributed by atoms with E-state index in [2.05, 4.69) is 10.3 Å². The molecule has 1 aromatic rings. The Kier molecular flexibility index (Phi) is 7.17. The number of aromatic nitrogens is 1. The SMILES string of the molecule is CCOC(=O)Cc1csc(NC(=O)CC(C)COC)n1. The van der Waals surface area contributed by atoms with Crippen LogP contribution in [0.25, 0.3) is 0 Å². The van der Waals surface area contributed by atoms with Crippen LogP contribution in [0.15, 0.2) is 5.38 Å². The fourth-order valence-electron chi connectivity index (χ4n) is 1.64. The van der Waals surface area contributed by atoms with Crippen LogP contribution in [-0.2, 0) is 25.5 Å². The van der Waals surface area contributed by atoms with Crippen molar-refractivity contribution in [3.05, 3.63) is 11.1 Å². The predicted molar refractivity (Wildman–Crippen MR) is 76.7 cm³/mol. The van der Waals surface area contributed by atoms with E-state index in [4.69, 9.17) is 9.47 Å². The highest BCUT2D eigenvalue weighted by Gasteiger charge is 2.12. The summed E-state index contributed by atoms with van der Waals surface area (Å²) in [5, 5.41) is 4.96. The van der Waals surface area contributed by atoms with Crippen LogP contribution in [0.1, 0.15) is 26.0 Å². The Morgan fingerprint density at radius 1 is 1.50 bits per heavy atom. The number of anilines is 1. The minimum absolute atomic E-state index is 0.105. The Morgan fingerprint density at radius 2 is 2.25 bits per heavy atom. The summed E-state index contributed by atoms with van der Waals surface area (Å²) in [6.45, 7) is 4.59. The number of esters is 1. The summed E-state index contributed by atoms with van der Waals surface area (Å²) < 4.78 is 9.82. The standard InChI is InChI=1S/C13H20N2O4S/c1-4-19-12(17)6-10-8-20-13(14-10)15-11(16)5-9(2)7-18-3/h8-9H,4-7H2,1-3H3,(H,14,15,16). The van der Waals surface area contributed by atoms with Gasteiger partial charge in [0.2, 0.25) is 5.91 Å². The molecular formula is C13H20N2O4S. The number of nitrogens with zero attached hydrogens (tertiary/aromatic N) is 1. The number of hydrogen-bond donors (Lipinski definition) is 1. The number of nitrogens with one attached hydrogen (secondary N) is 1. The number of ether oxygens (including phenoxy) is 2. The molecule has 1 heterocycles. The Hall–Kier alpha value is -1.47. The number of methoxy groups -OCH3 is 1. The molecule has 0 aliphatic rings. The summed E-state index contributed by atoms with van der Waals surface area (Å²) in [6.07, 6.45) is 0.501. The Balaban J connectivity index is 2.43. The third kappa shape index (κ3) is 6.12. The molecule has 1 amide bonds. The third-order valence-corrected chi connectivity index (χ3v) is 3.22. The molecule has 0 radical (unpaired) electrons. The molecule has 1 N–H and O–H groups in total. The second-order valence-electron chi connectivity index (χ2n) is 4.44. The van der Waals surface area contributed by atoms with Gasteiger partial charge in [-0.3, -0.25) is 9.59 Å². The Bertz CT molecular complexity index is 447. The molecule has 112 valence electrons. The van der Waals surface area contributed by atoms with Crippen molar-refractivity contribution in [2.75, 3.05) is 25.6 Å². The van der Waals surface area contributed by atoms with Crippen LogP contribution in [0, 0.1) is 5.92 Å². The zero-order chi connectivity index (χ0) is 15.0. The van der Waals surface area contributed by atoms with Gasteiger partial charge in [0.1, 0.15) is 0 Å². The van der Waals surface area contributed by atoms with Crippen LogP contribution in [0.5, 0.6) is 0 Å². The summed E-state index contributed by atoms with van der Waals surface area (Å²) >= 11 is 1.30. The average Bonchev–Trinajstić information content (AvgIpc) is 2.76.